The first kappa shape index (κ1) is 17.8. The highest BCUT2D eigenvalue weighted by Gasteiger charge is 2.12. The number of terminal acetylenes is 1. The van der Waals surface area contributed by atoms with Crippen LogP contribution in [0.25, 0.3) is 11.6 Å². The Morgan fingerprint density at radius 3 is 2.75 bits per heavy atom. The Hall–Kier alpha value is -2.51. The summed E-state index contributed by atoms with van der Waals surface area (Å²) < 4.78 is 25.5. The fourth-order valence-corrected chi connectivity index (χ4v) is 2.87. The molecule has 2 aromatic carbocycles. The van der Waals surface area contributed by atoms with Gasteiger partial charge in [-0.1, -0.05) is 24.1 Å². The number of hydrogen-bond acceptors (Lipinski definition) is 3. The number of nitrogens with zero attached hydrogens (tertiary/aromatic N) is 1. The normalized spacial score (nSPS) is 10.6. The van der Waals surface area contributed by atoms with Crippen LogP contribution in [-0.4, -0.2) is 13.7 Å². The van der Waals surface area contributed by atoms with E-state index < -0.39 is 5.82 Å². The molecule has 0 aliphatic heterocycles. The molecule has 120 valence electrons. The molecule has 5 heteroatoms. The average molecular weight is 433 g/mol. The minimum absolute atomic E-state index is 0.125. The maximum absolute atomic E-state index is 13.9. The quantitative estimate of drug-likeness (QED) is 0.302. The lowest BCUT2D eigenvalue weighted by Crippen LogP contribution is -1.99. The Balaban J connectivity index is 2.49. The largest absolute Gasteiger partial charge is 0.493 e. The average Bonchev–Trinajstić information content (AvgIpc) is 2.59. The lowest BCUT2D eigenvalue weighted by Gasteiger charge is -2.12. The predicted molar refractivity (Wildman–Crippen MR) is 99.9 cm³/mol. The standard InChI is InChI=1S/C19H13FINO2/c1-3-8-24-19-17(21)10-13(11-18(19)23-2)9-14(12-22)15-6-4-5-7-16(15)20/h1,4-7,9-11H,8H2,2H3. The van der Waals surface area contributed by atoms with E-state index in [4.69, 9.17) is 15.9 Å². The third-order valence-electron chi connectivity index (χ3n) is 3.15. The van der Waals surface area contributed by atoms with Gasteiger partial charge >= 0.3 is 0 Å². The van der Waals surface area contributed by atoms with Crippen molar-refractivity contribution in [2.75, 3.05) is 13.7 Å². The molecule has 0 amide bonds. The minimum atomic E-state index is -0.444. The van der Waals surface area contributed by atoms with Crippen LogP contribution in [0.2, 0.25) is 0 Å². The minimum Gasteiger partial charge on any atom is -0.493 e. The number of rotatable bonds is 5. The third-order valence-corrected chi connectivity index (χ3v) is 3.95. The molecule has 2 aromatic rings. The van der Waals surface area contributed by atoms with Gasteiger partial charge in [0.1, 0.15) is 12.4 Å². The second kappa shape index (κ2) is 8.37. The van der Waals surface area contributed by atoms with Crippen molar-refractivity contribution in [3.05, 3.63) is 56.9 Å². The zero-order valence-corrected chi connectivity index (χ0v) is 15.0. The molecule has 0 aliphatic rings. The maximum Gasteiger partial charge on any atom is 0.175 e. The van der Waals surface area contributed by atoms with Crippen LogP contribution < -0.4 is 9.47 Å². The summed E-state index contributed by atoms with van der Waals surface area (Å²) >= 11 is 2.10. The number of hydrogen-bond donors (Lipinski definition) is 0. The molecule has 3 nitrogen and oxygen atoms in total. The first-order valence-electron chi connectivity index (χ1n) is 6.91. The lowest BCUT2D eigenvalue weighted by atomic mass is 10.0. The Morgan fingerprint density at radius 2 is 2.12 bits per heavy atom. The predicted octanol–water partition coefficient (Wildman–Crippen LogP) is 4.52. The molecule has 0 bridgehead atoms. The van der Waals surface area contributed by atoms with Gasteiger partial charge < -0.3 is 9.47 Å². The van der Waals surface area contributed by atoms with Gasteiger partial charge in [-0.25, -0.2) is 4.39 Å². The number of allylic oxidation sites excluding steroid dienone is 1. The highest BCUT2D eigenvalue weighted by Crippen LogP contribution is 2.35. The van der Waals surface area contributed by atoms with Crippen LogP contribution in [0.1, 0.15) is 11.1 Å². The number of nitriles is 1. The summed E-state index contributed by atoms with van der Waals surface area (Å²) in [6.45, 7) is 0.125. The second-order valence-electron chi connectivity index (χ2n) is 4.68. The van der Waals surface area contributed by atoms with Gasteiger partial charge in [-0.3, -0.25) is 0 Å². The van der Waals surface area contributed by atoms with E-state index >= 15 is 0 Å². The van der Waals surface area contributed by atoms with E-state index in [9.17, 15) is 9.65 Å². The van der Waals surface area contributed by atoms with Crippen molar-refractivity contribution in [2.45, 2.75) is 0 Å². The first-order valence-corrected chi connectivity index (χ1v) is 7.99. The van der Waals surface area contributed by atoms with Crippen LogP contribution in [0.5, 0.6) is 11.5 Å². The van der Waals surface area contributed by atoms with E-state index in [-0.39, 0.29) is 17.7 Å². The van der Waals surface area contributed by atoms with E-state index in [0.717, 1.165) is 3.57 Å². The summed E-state index contributed by atoms with van der Waals surface area (Å²) in [6, 6.07) is 11.7. The van der Waals surface area contributed by atoms with E-state index in [1.54, 1.807) is 30.3 Å². The molecule has 0 unspecified atom stereocenters. The highest BCUT2D eigenvalue weighted by molar-refractivity contribution is 14.1. The Labute approximate surface area is 153 Å². The van der Waals surface area contributed by atoms with Gasteiger partial charge in [0.2, 0.25) is 0 Å². The molecule has 2 rings (SSSR count). The molecule has 0 aliphatic carbocycles. The Bertz CT molecular complexity index is 863. The highest BCUT2D eigenvalue weighted by atomic mass is 127. The van der Waals surface area contributed by atoms with Crippen molar-refractivity contribution in [3.63, 3.8) is 0 Å². The van der Waals surface area contributed by atoms with Gasteiger partial charge in [0.25, 0.3) is 0 Å². The fraction of sp³-hybridized carbons (Fsp3) is 0.105. The van der Waals surface area contributed by atoms with Gasteiger partial charge in [-0.05, 0) is 52.4 Å². The summed E-state index contributed by atoms with van der Waals surface area (Å²) in [5, 5.41) is 9.37. The van der Waals surface area contributed by atoms with Gasteiger partial charge in [0, 0.05) is 5.56 Å². The SMILES string of the molecule is C#CCOc1c(I)cc(C=C(C#N)c2ccccc2F)cc1OC. The van der Waals surface area contributed by atoms with Gasteiger partial charge in [0.05, 0.1) is 22.3 Å². The van der Waals surface area contributed by atoms with Crippen molar-refractivity contribution >= 4 is 34.2 Å². The molecule has 0 spiro atoms. The van der Waals surface area contributed by atoms with E-state index in [1.165, 1.54) is 13.2 Å². The Kier molecular flexibility index (Phi) is 6.22. The zero-order chi connectivity index (χ0) is 17.5. The van der Waals surface area contributed by atoms with Crippen molar-refractivity contribution in [1.82, 2.24) is 0 Å². The van der Waals surface area contributed by atoms with Crippen LogP contribution in [0.4, 0.5) is 4.39 Å². The fourth-order valence-electron chi connectivity index (χ4n) is 2.09. The molecule has 0 radical (unpaired) electrons. The van der Waals surface area contributed by atoms with E-state index in [0.29, 0.717) is 17.1 Å². The molecular weight excluding hydrogens is 420 g/mol. The number of methoxy groups -OCH3 is 1. The molecule has 24 heavy (non-hydrogen) atoms. The van der Waals surface area contributed by atoms with Gasteiger partial charge in [-0.2, -0.15) is 5.26 Å². The summed E-state index contributed by atoms with van der Waals surface area (Å²) in [5.74, 6) is 2.99. The Morgan fingerprint density at radius 1 is 1.38 bits per heavy atom. The summed E-state index contributed by atoms with van der Waals surface area (Å²) in [5.41, 5.74) is 1.17. The summed E-state index contributed by atoms with van der Waals surface area (Å²) in [4.78, 5) is 0. The lowest BCUT2D eigenvalue weighted by molar-refractivity contribution is 0.328. The molecule has 0 heterocycles. The van der Waals surface area contributed by atoms with Crippen LogP contribution >= 0.6 is 22.6 Å². The molecule has 0 saturated carbocycles. The van der Waals surface area contributed by atoms with Gasteiger partial charge in [0.15, 0.2) is 11.5 Å². The second-order valence-corrected chi connectivity index (χ2v) is 5.84. The van der Waals surface area contributed by atoms with Crippen molar-refractivity contribution in [3.8, 4) is 29.9 Å². The topological polar surface area (TPSA) is 42.2 Å². The van der Waals surface area contributed by atoms with Crippen LogP contribution in [0, 0.1) is 33.1 Å². The number of benzene rings is 2. The first-order chi connectivity index (χ1) is 11.6. The maximum atomic E-state index is 13.9. The number of halogens is 2. The zero-order valence-electron chi connectivity index (χ0n) is 12.8. The van der Waals surface area contributed by atoms with Gasteiger partial charge in [-0.15, -0.1) is 6.42 Å². The van der Waals surface area contributed by atoms with Crippen molar-refractivity contribution < 1.29 is 13.9 Å². The smallest absolute Gasteiger partial charge is 0.175 e. The van der Waals surface area contributed by atoms with E-state index in [1.807, 2.05) is 12.1 Å². The molecule has 0 fully saturated rings. The molecule has 0 saturated heterocycles. The van der Waals surface area contributed by atoms with Crippen LogP contribution in [-0.2, 0) is 0 Å². The third kappa shape index (κ3) is 4.06. The molecule has 0 N–H and O–H groups in total. The van der Waals surface area contributed by atoms with Crippen molar-refractivity contribution in [1.29, 1.82) is 5.26 Å². The number of ether oxygens (including phenoxy) is 2. The summed E-state index contributed by atoms with van der Waals surface area (Å²) in [7, 11) is 1.52. The monoisotopic (exact) mass is 433 g/mol. The van der Waals surface area contributed by atoms with Crippen molar-refractivity contribution in [2.24, 2.45) is 0 Å². The molecular formula is C19H13FINO2. The van der Waals surface area contributed by atoms with Crippen LogP contribution in [0.3, 0.4) is 0 Å². The molecule has 0 atom stereocenters. The van der Waals surface area contributed by atoms with Crippen LogP contribution in [0.15, 0.2) is 36.4 Å². The van der Waals surface area contributed by atoms with E-state index in [2.05, 4.69) is 28.5 Å². The molecule has 0 aromatic heterocycles. The summed E-state index contributed by atoms with van der Waals surface area (Å²) in [6.07, 6.45) is 6.82.